The van der Waals surface area contributed by atoms with Crippen molar-refractivity contribution in [2.75, 3.05) is 13.7 Å². The lowest BCUT2D eigenvalue weighted by Gasteiger charge is -2.41. The summed E-state index contributed by atoms with van der Waals surface area (Å²) >= 11 is 0. The molecule has 2 atom stereocenters. The van der Waals surface area contributed by atoms with Crippen molar-refractivity contribution in [1.82, 2.24) is 0 Å². The Bertz CT molecular complexity index is 759. The smallest absolute Gasteiger partial charge is 0.216 e. The number of methoxy groups -OCH3 is 1. The number of hydrogen-bond acceptors (Lipinski definition) is 3. The minimum absolute atomic E-state index is 0.137. The molecule has 0 radical (unpaired) electrons. The molecular formula is C19H18FNO2. The summed E-state index contributed by atoms with van der Waals surface area (Å²) in [5.41, 5.74) is 1.43. The van der Waals surface area contributed by atoms with E-state index in [1.165, 1.54) is 0 Å². The van der Waals surface area contributed by atoms with E-state index in [0.717, 1.165) is 22.4 Å². The van der Waals surface area contributed by atoms with Gasteiger partial charge in [-0.25, -0.2) is 9.38 Å². The van der Waals surface area contributed by atoms with Crippen molar-refractivity contribution >= 4 is 5.90 Å². The number of nitrogens with zero attached hydrogens (tertiary/aromatic N) is 1. The van der Waals surface area contributed by atoms with E-state index in [2.05, 4.69) is 4.99 Å². The SMILES string of the molecule is COc1ccc2c(c1)[C@H]1OC(c3ccccc3)=NC[C@@]1(F)CC2. The first-order chi connectivity index (χ1) is 11.2. The van der Waals surface area contributed by atoms with Crippen LogP contribution in [0.1, 0.15) is 29.2 Å². The lowest BCUT2D eigenvalue weighted by Crippen LogP contribution is -2.44. The van der Waals surface area contributed by atoms with E-state index >= 15 is 4.39 Å². The summed E-state index contributed by atoms with van der Waals surface area (Å²) in [5, 5.41) is 0. The van der Waals surface area contributed by atoms with Gasteiger partial charge in [0.15, 0.2) is 11.8 Å². The van der Waals surface area contributed by atoms with E-state index in [0.29, 0.717) is 18.7 Å². The minimum atomic E-state index is -1.45. The van der Waals surface area contributed by atoms with Gasteiger partial charge in [0.25, 0.3) is 0 Å². The molecule has 0 N–H and O–H groups in total. The molecule has 2 aromatic carbocycles. The van der Waals surface area contributed by atoms with Crippen LogP contribution in [0.4, 0.5) is 4.39 Å². The van der Waals surface area contributed by atoms with E-state index in [9.17, 15) is 0 Å². The summed E-state index contributed by atoms with van der Waals surface area (Å²) in [7, 11) is 1.62. The first-order valence-corrected chi connectivity index (χ1v) is 7.82. The predicted octanol–water partition coefficient (Wildman–Crippen LogP) is 3.87. The van der Waals surface area contributed by atoms with Crippen LogP contribution in [0.15, 0.2) is 53.5 Å². The van der Waals surface area contributed by atoms with Gasteiger partial charge in [0, 0.05) is 11.1 Å². The maximum Gasteiger partial charge on any atom is 0.216 e. The zero-order valence-corrected chi connectivity index (χ0v) is 13.0. The zero-order chi connectivity index (χ0) is 15.9. The number of fused-ring (bicyclic) bond motifs is 3. The molecule has 23 heavy (non-hydrogen) atoms. The molecule has 0 amide bonds. The van der Waals surface area contributed by atoms with Crippen LogP contribution >= 0.6 is 0 Å². The van der Waals surface area contributed by atoms with Gasteiger partial charge in [-0.15, -0.1) is 0 Å². The number of aliphatic imine (C=N–C) groups is 1. The molecule has 0 aromatic heterocycles. The minimum Gasteiger partial charge on any atom is -0.497 e. The Hall–Kier alpha value is -2.36. The van der Waals surface area contributed by atoms with Gasteiger partial charge >= 0.3 is 0 Å². The number of rotatable bonds is 2. The largest absolute Gasteiger partial charge is 0.497 e. The molecule has 0 fully saturated rings. The highest BCUT2D eigenvalue weighted by molar-refractivity contribution is 5.94. The number of aryl methyl sites for hydroxylation is 1. The maximum atomic E-state index is 15.3. The molecule has 1 heterocycles. The van der Waals surface area contributed by atoms with Gasteiger partial charge in [-0.3, -0.25) is 0 Å². The summed E-state index contributed by atoms with van der Waals surface area (Å²) in [6.07, 6.45) is 0.503. The van der Waals surface area contributed by atoms with Crippen LogP contribution in [-0.2, 0) is 11.2 Å². The molecule has 1 aliphatic carbocycles. The summed E-state index contributed by atoms with van der Waals surface area (Å²) < 4.78 is 26.7. The van der Waals surface area contributed by atoms with Gasteiger partial charge in [0.2, 0.25) is 5.90 Å². The molecule has 0 bridgehead atoms. The Balaban J connectivity index is 1.75. The number of hydrogen-bond donors (Lipinski definition) is 0. The molecule has 118 valence electrons. The van der Waals surface area contributed by atoms with Gasteiger partial charge in [-0.1, -0.05) is 24.3 Å². The number of benzene rings is 2. The molecule has 2 aliphatic rings. The Kier molecular flexibility index (Phi) is 3.33. The number of ether oxygens (including phenoxy) is 2. The van der Waals surface area contributed by atoms with Crippen LogP contribution in [-0.4, -0.2) is 25.2 Å². The second-order valence-corrected chi connectivity index (χ2v) is 6.08. The monoisotopic (exact) mass is 311 g/mol. The van der Waals surface area contributed by atoms with E-state index in [4.69, 9.17) is 9.47 Å². The maximum absolute atomic E-state index is 15.3. The van der Waals surface area contributed by atoms with Gasteiger partial charge in [-0.2, -0.15) is 0 Å². The van der Waals surface area contributed by atoms with Gasteiger partial charge in [0.1, 0.15) is 5.75 Å². The Labute approximate surface area is 134 Å². The molecular weight excluding hydrogens is 293 g/mol. The number of alkyl halides is 1. The summed E-state index contributed by atoms with van der Waals surface area (Å²) in [4.78, 5) is 4.36. The van der Waals surface area contributed by atoms with Crippen molar-refractivity contribution in [3.05, 3.63) is 65.2 Å². The van der Waals surface area contributed by atoms with Crippen molar-refractivity contribution in [1.29, 1.82) is 0 Å². The molecule has 4 rings (SSSR count). The summed E-state index contributed by atoms with van der Waals surface area (Å²) in [6, 6.07) is 15.5. The van der Waals surface area contributed by atoms with Gasteiger partial charge in [0.05, 0.1) is 13.7 Å². The van der Waals surface area contributed by atoms with Crippen molar-refractivity contribution in [2.24, 2.45) is 4.99 Å². The quantitative estimate of drug-likeness (QED) is 0.843. The van der Waals surface area contributed by atoms with E-state index < -0.39 is 11.8 Å². The molecule has 0 saturated heterocycles. The lowest BCUT2D eigenvalue weighted by atomic mass is 9.78. The standard InChI is InChI=1S/C19H18FNO2/c1-22-15-8-7-13-9-10-19(20)12-21-18(14-5-3-2-4-6-14)23-17(19)16(13)11-15/h2-8,11,17H,9-10,12H2,1H3/t17-,19+/m1/s1. The third kappa shape index (κ3) is 2.38. The fraction of sp³-hybridized carbons (Fsp3) is 0.316. The van der Waals surface area contributed by atoms with Gasteiger partial charge < -0.3 is 9.47 Å². The average molecular weight is 311 g/mol. The van der Waals surface area contributed by atoms with E-state index in [-0.39, 0.29) is 6.54 Å². The molecule has 4 heteroatoms. The highest BCUT2D eigenvalue weighted by Crippen LogP contribution is 2.46. The molecule has 1 aliphatic heterocycles. The summed E-state index contributed by atoms with van der Waals surface area (Å²) in [6.45, 7) is 0.137. The second-order valence-electron chi connectivity index (χ2n) is 6.08. The Morgan fingerprint density at radius 1 is 1.22 bits per heavy atom. The normalized spacial score (nSPS) is 25.7. The molecule has 0 spiro atoms. The van der Waals surface area contributed by atoms with Gasteiger partial charge in [-0.05, 0) is 42.7 Å². The molecule has 2 aromatic rings. The zero-order valence-electron chi connectivity index (χ0n) is 13.0. The fourth-order valence-electron chi connectivity index (χ4n) is 3.35. The summed E-state index contributed by atoms with van der Waals surface area (Å²) in [5.74, 6) is 1.24. The third-order valence-corrected chi connectivity index (χ3v) is 4.65. The van der Waals surface area contributed by atoms with Crippen LogP contribution in [0.3, 0.4) is 0 Å². The number of halogens is 1. The van der Waals surface area contributed by atoms with Crippen LogP contribution < -0.4 is 4.74 Å². The topological polar surface area (TPSA) is 30.8 Å². The molecule has 3 nitrogen and oxygen atoms in total. The first-order valence-electron chi connectivity index (χ1n) is 7.82. The van der Waals surface area contributed by atoms with Crippen molar-refractivity contribution in [2.45, 2.75) is 24.6 Å². The Morgan fingerprint density at radius 3 is 2.83 bits per heavy atom. The lowest BCUT2D eigenvalue weighted by molar-refractivity contribution is -0.0210. The molecule has 0 saturated carbocycles. The van der Waals surface area contributed by atoms with Crippen molar-refractivity contribution in [3.8, 4) is 5.75 Å². The van der Waals surface area contributed by atoms with Crippen molar-refractivity contribution in [3.63, 3.8) is 0 Å². The molecule has 0 unspecified atom stereocenters. The first kappa shape index (κ1) is 14.2. The highest BCUT2D eigenvalue weighted by atomic mass is 19.1. The average Bonchev–Trinajstić information content (AvgIpc) is 2.61. The van der Waals surface area contributed by atoms with Crippen molar-refractivity contribution < 1.29 is 13.9 Å². The van der Waals surface area contributed by atoms with E-state index in [1.54, 1.807) is 7.11 Å². The fourth-order valence-corrected chi connectivity index (χ4v) is 3.35. The second kappa shape index (κ2) is 5.37. The van der Waals surface area contributed by atoms with Crippen LogP contribution in [0, 0.1) is 0 Å². The Morgan fingerprint density at radius 2 is 2.04 bits per heavy atom. The van der Waals surface area contributed by atoms with Crippen LogP contribution in [0.25, 0.3) is 0 Å². The van der Waals surface area contributed by atoms with Crippen LogP contribution in [0.5, 0.6) is 5.75 Å². The predicted molar refractivity (Wildman–Crippen MR) is 86.8 cm³/mol. The van der Waals surface area contributed by atoms with Crippen LogP contribution in [0.2, 0.25) is 0 Å². The van der Waals surface area contributed by atoms with E-state index in [1.807, 2.05) is 48.5 Å². The third-order valence-electron chi connectivity index (χ3n) is 4.65. The highest BCUT2D eigenvalue weighted by Gasteiger charge is 2.48.